The van der Waals surface area contributed by atoms with Crippen molar-refractivity contribution in [3.8, 4) is 0 Å². The fraction of sp³-hybridized carbons (Fsp3) is 0.741. The van der Waals surface area contributed by atoms with Gasteiger partial charge < -0.3 is 5.32 Å². The van der Waals surface area contributed by atoms with Gasteiger partial charge in [-0.3, -0.25) is 4.79 Å². The first kappa shape index (κ1) is 25.7. The molecule has 1 N–H and O–H groups in total. The summed E-state index contributed by atoms with van der Waals surface area (Å²) in [6.45, 7) is 9.78. The second-order valence-electron chi connectivity index (χ2n) is 9.06. The molecular weight excluding hydrogens is 354 g/mol. The number of nitrogens with one attached hydrogen (secondary N) is 1. The zero-order chi connectivity index (χ0) is 21.3. The van der Waals surface area contributed by atoms with E-state index in [1.54, 1.807) is 0 Å². The van der Waals surface area contributed by atoms with Crippen LogP contribution in [0.1, 0.15) is 116 Å². The highest BCUT2D eigenvalue weighted by Crippen LogP contribution is 2.21. The van der Waals surface area contributed by atoms with Gasteiger partial charge in [-0.2, -0.15) is 0 Å². The van der Waals surface area contributed by atoms with E-state index in [0.717, 1.165) is 6.42 Å². The monoisotopic (exact) mass is 401 g/mol. The van der Waals surface area contributed by atoms with Crippen LogP contribution in [0.15, 0.2) is 24.3 Å². The number of hydrogen-bond acceptors (Lipinski definition) is 1. The van der Waals surface area contributed by atoms with Crippen LogP contribution in [0.2, 0.25) is 0 Å². The topological polar surface area (TPSA) is 29.1 Å². The molecular formula is C27H47NO. The van der Waals surface area contributed by atoms with Gasteiger partial charge in [0.25, 0.3) is 0 Å². The summed E-state index contributed by atoms with van der Waals surface area (Å²) in [4.78, 5) is 12.6. The summed E-state index contributed by atoms with van der Waals surface area (Å²) >= 11 is 0. The summed E-state index contributed by atoms with van der Waals surface area (Å²) in [6.07, 6.45) is 15.8. The molecule has 0 saturated heterocycles. The highest BCUT2D eigenvalue weighted by molar-refractivity contribution is 5.76. The van der Waals surface area contributed by atoms with E-state index in [1.807, 2.05) is 0 Å². The maximum Gasteiger partial charge on any atom is 0.220 e. The molecule has 0 aliphatic carbocycles. The predicted molar refractivity (Wildman–Crippen MR) is 127 cm³/mol. The van der Waals surface area contributed by atoms with Gasteiger partial charge in [0, 0.05) is 13.0 Å². The first-order valence-corrected chi connectivity index (χ1v) is 12.4. The molecule has 1 aromatic carbocycles. The van der Waals surface area contributed by atoms with Gasteiger partial charge in [0.1, 0.15) is 0 Å². The third-order valence-corrected chi connectivity index (χ3v) is 6.10. The minimum absolute atomic E-state index is 0.227. The fourth-order valence-electron chi connectivity index (χ4n) is 4.29. The molecule has 1 rings (SSSR count). The van der Waals surface area contributed by atoms with Crippen LogP contribution in [-0.4, -0.2) is 5.91 Å². The van der Waals surface area contributed by atoms with Crippen LogP contribution in [0.4, 0.5) is 0 Å². The average molecular weight is 402 g/mol. The van der Waals surface area contributed by atoms with Gasteiger partial charge >= 0.3 is 0 Å². The number of carbonyl (C=O) groups is 1. The van der Waals surface area contributed by atoms with E-state index in [-0.39, 0.29) is 5.91 Å². The van der Waals surface area contributed by atoms with Crippen LogP contribution >= 0.6 is 0 Å². The van der Waals surface area contributed by atoms with E-state index in [4.69, 9.17) is 0 Å². The van der Waals surface area contributed by atoms with Crippen molar-refractivity contribution in [3.63, 3.8) is 0 Å². The van der Waals surface area contributed by atoms with Gasteiger partial charge in [0.2, 0.25) is 5.91 Å². The van der Waals surface area contributed by atoms with Crippen molar-refractivity contribution >= 4 is 5.91 Å². The Morgan fingerprint density at radius 2 is 1.48 bits per heavy atom. The Hall–Kier alpha value is -1.31. The molecule has 0 radical (unpaired) electrons. The van der Waals surface area contributed by atoms with Gasteiger partial charge in [0.15, 0.2) is 0 Å². The summed E-state index contributed by atoms with van der Waals surface area (Å²) in [6, 6.07) is 8.65. The molecule has 0 bridgehead atoms. The van der Waals surface area contributed by atoms with Gasteiger partial charge in [-0.05, 0) is 35.8 Å². The van der Waals surface area contributed by atoms with Crippen molar-refractivity contribution in [2.24, 2.45) is 11.8 Å². The lowest BCUT2D eigenvalue weighted by Crippen LogP contribution is -2.26. The molecule has 0 aromatic heterocycles. The maximum atomic E-state index is 12.6. The van der Waals surface area contributed by atoms with Crippen molar-refractivity contribution in [2.45, 2.75) is 118 Å². The summed E-state index contributed by atoms with van der Waals surface area (Å²) in [5, 5.41) is 3.22. The molecule has 166 valence electrons. The second-order valence-corrected chi connectivity index (χ2v) is 9.06. The van der Waals surface area contributed by atoms with Crippen molar-refractivity contribution in [3.05, 3.63) is 35.4 Å². The van der Waals surface area contributed by atoms with E-state index < -0.39 is 0 Å². The highest BCUT2D eigenvalue weighted by atomic mass is 16.1. The van der Waals surface area contributed by atoms with E-state index in [1.165, 1.54) is 81.8 Å². The Kier molecular flexibility index (Phi) is 14.6. The van der Waals surface area contributed by atoms with E-state index >= 15 is 0 Å². The lowest BCUT2D eigenvalue weighted by Gasteiger charge is -2.17. The zero-order valence-corrected chi connectivity index (χ0v) is 19.8. The lowest BCUT2D eigenvalue weighted by atomic mass is 9.92. The molecule has 0 fully saturated rings. The molecule has 1 amide bonds. The SMILES string of the molecule is CCCCCCC(CCC)CC(=O)NCc1ccccc1CC(C)CCCCC. The van der Waals surface area contributed by atoms with Crippen molar-refractivity contribution < 1.29 is 4.79 Å². The third-order valence-electron chi connectivity index (χ3n) is 6.10. The lowest BCUT2D eigenvalue weighted by molar-refractivity contribution is -0.122. The number of hydrogen-bond donors (Lipinski definition) is 1. The van der Waals surface area contributed by atoms with E-state index in [9.17, 15) is 4.79 Å². The Morgan fingerprint density at radius 3 is 2.17 bits per heavy atom. The molecule has 0 spiro atoms. The second kappa shape index (κ2) is 16.5. The van der Waals surface area contributed by atoms with Crippen LogP contribution in [0, 0.1) is 11.8 Å². The Bertz CT molecular complexity index is 539. The zero-order valence-electron chi connectivity index (χ0n) is 19.8. The summed E-state index contributed by atoms with van der Waals surface area (Å²) in [5.41, 5.74) is 2.69. The fourth-order valence-corrected chi connectivity index (χ4v) is 4.29. The molecule has 0 aliphatic rings. The standard InChI is InChI=1S/C27H47NO/c1-5-8-10-12-17-24(15-7-3)21-27(29)28-22-26-19-14-13-18-25(26)20-23(4)16-11-9-6-2/h13-14,18-19,23-24H,5-12,15-17,20-22H2,1-4H3,(H,28,29). The number of carbonyl (C=O) groups excluding carboxylic acids is 1. The van der Waals surface area contributed by atoms with Crippen molar-refractivity contribution in [1.82, 2.24) is 5.32 Å². The van der Waals surface area contributed by atoms with Gasteiger partial charge in [-0.15, -0.1) is 0 Å². The predicted octanol–water partition coefficient (Wildman–Crippen LogP) is 7.84. The minimum atomic E-state index is 0.227. The van der Waals surface area contributed by atoms with Gasteiger partial charge in [0.05, 0.1) is 0 Å². The van der Waals surface area contributed by atoms with Crippen LogP contribution in [0.5, 0.6) is 0 Å². The highest BCUT2D eigenvalue weighted by Gasteiger charge is 2.14. The van der Waals surface area contributed by atoms with Gasteiger partial charge in [-0.25, -0.2) is 0 Å². The molecule has 2 nitrogen and oxygen atoms in total. The van der Waals surface area contributed by atoms with Crippen LogP contribution < -0.4 is 5.32 Å². The smallest absolute Gasteiger partial charge is 0.220 e. The number of benzene rings is 1. The van der Waals surface area contributed by atoms with Crippen LogP contribution in [0.25, 0.3) is 0 Å². The van der Waals surface area contributed by atoms with E-state index in [2.05, 4.69) is 57.3 Å². The summed E-state index contributed by atoms with van der Waals surface area (Å²) < 4.78 is 0. The minimum Gasteiger partial charge on any atom is -0.352 e. The third kappa shape index (κ3) is 12.1. The summed E-state index contributed by atoms with van der Waals surface area (Å²) in [5.74, 6) is 1.48. The molecule has 1 aromatic rings. The Morgan fingerprint density at radius 1 is 0.828 bits per heavy atom. The average Bonchev–Trinajstić information content (AvgIpc) is 2.71. The number of amides is 1. The van der Waals surface area contributed by atoms with E-state index in [0.29, 0.717) is 24.8 Å². The van der Waals surface area contributed by atoms with Crippen molar-refractivity contribution in [2.75, 3.05) is 0 Å². The van der Waals surface area contributed by atoms with Crippen LogP contribution in [-0.2, 0) is 17.8 Å². The van der Waals surface area contributed by atoms with Gasteiger partial charge in [-0.1, -0.05) is 116 Å². The molecule has 29 heavy (non-hydrogen) atoms. The molecule has 2 heteroatoms. The van der Waals surface area contributed by atoms with Crippen molar-refractivity contribution in [1.29, 1.82) is 0 Å². The quantitative estimate of drug-likeness (QED) is 0.265. The molecule has 2 unspecified atom stereocenters. The maximum absolute atomic E-state index is 12.6. The largest absolute Gasteiger partial charge is 0.352 e. The number of rotatable bonds is 17. The molecule has 2 atom stereocenters. The normalized spacial score (nSPS) is 13.2. The Balaban J connectivity index is 2.48. The molecule has 0 heterocycles. The molecule has 0 saturated carbocycles. The molecule has 0 aliphatic heterocycles. The summed E-state index contributed by atoms with van der Waals surface area (Å²) in [7, 11) is 0. The first-order valence-electron chi connectivity index (χ1n) is 12.4. The number of unbranched alkanes of at least 4 members (excludes halogenated alkanes) is 5. The first-order chi connectivity index (χ1) is 14.1. The Labute approximate surface area is 181 Å². The van der Waals surface area contributed by atoms with Crippen LogP contribution in [0.3, 0.4) is 0 Å².